The maximum absolute atomic E-state index is 14.3. The molecular formula is C35H34N4O5. The van der Waals surface area contributed by atoms with Gasteiger partial charge in [0.05, 0.1) is 18.4 Å². The van der Waals surface area contributed by atoms with Crippen LogP contribution in [-0.2, 0) is 20.9 Å². The minimum atomic E-state index is -1.10. The summed E-state index contributed by atoms with van der Waals surface area (Å²) >= 11 is 0. The average Bonchev–Trinajstić information content (AvgIpc) is 3.26. The average molecular weight is 591 g/mol. The number of rotatable bonds is 10. The molecular weight excluding hydrogens is 556 g/mol. The van der Waals surface area contributed by atoms with Crippen molar-refractivity contribution in [2.45, 2.75) is 19.5 Å². The molecule has 0 bridgehead atoms. The topological polar surface area (TPSA) is 99.3 Å². The molecule has 0 aromatic heterocycles. The number of amides is 3. The summed E-state index contributed by atoms with van der Waals surface area (Å²) < 4.78 is 5.46. The fraction of sp³-hybridized carbons (Fsp3) is 0.200. The number of ketones is 1. The molecule has 1 aliphatic rings. The van der Waals surface area contributed by atoms with Gasteiger partial charge in [0.15, 0.2) is 0 Å². The molecule has 9 heteroatoms. The van der Waals surface area contributed by atoms with E-state index in [0.29, 0.717) is 22.7 Å². The number of hydrogen-bond acceptors (Lipinski definition) is 6. The first-order valence-electron chi connectivity index (χ1n) is 14.2. The van der Waals surface area contributed by atoms with Crippen LogP contribution in [0.3, 0.4) is 0 Å². The van der Waals surface area contributed by atoms with Crippen LogP contribution >= 0.6 is 0 Å². The van der Waals surface area contributed by atoms with Crippen molar-refractivity contribution in [2.24, 2.45) is 0 Å². The highest BCUT2D eigenvalue weighted by atomic mass is 16.5. The second-order valence-corrected chi connectivity index (χ2v) is 10.8. The summed E-state index contributed by atoms with van der Waals surface area (Å²) in [5.41, 5.74) is 4.44. The molecule has 0 saturated heterocycles. The van der Waals surface area contributed by atoms with Gasteiger partial charge in [-0.05, 0) is 72.1 Å². The van der Waals surface area contributed by atoms with Gasteiger partial charge >= 0.3 is 0 Å². The van der Waals surface area contributed by atoms with E-state index in [1.165, 1.54) is 16.9 Å². The highest BCUT2D eigenvalue weighted by molar-refractivity contribution is 6.52. The van der Waals surface area contributed by atoms with Crippen molar-refractivity contribution in [3.8, 4) is 5.75 Å². The molecule has 1 heterocycles. The van der Waals surface area contributed by atoms with Gasteiger partial charge in [0.25, 0.3) is 17.6 Å². The fourth-order valence-electron chi connectivity index (χ4n) is 5.26. The standard InChI is InChI=1S/C35H34N4O5/c1-23-10-5-6-11-25(23)21-39(31(40)22-38-30-15-8-7-14-29(30)33(41)35(38)43)32(24-12-9-13-28(20-24)44-4)34(42)36-26-16-18-27(19-17-26)37(2)3/h5-20,32H,21-22H2,1-4H3,(H,36,42). The summed E-state index contributed by atoms with van der Waals surface area (Å²) in [6.07, 6.45) is 0. The van der Waals surface area contributed by atoms with Gasteiger partial charge in [-0.3, -0.25) is 24.1 Å². The van der Waals surface area contributed by atoms with Gasteiger partial charge in [-0.2, -0.15) is 0 Å². The van der Waals surface area contributed by atoms with Crippen LogP contribution in [0.5, 0.6) is 5.75 Å². The normalized spacial score (nSPS) is 12.9. The van der Waals surface area contributed by atoms with E-state index in [2.05, 4.69) is 5.32 Å². The lowest BCUT2D eigenvalue weighted by Gasteiger charge is -2.33. The first-order chi connectivity index (χ1) is 21.2. The number of carbonyl (C=O) groups excluding carboxylic acids is 4. The van der Waals surface area contributed by atoms with E-state index in [-0.39, 0.29) is 12.1 Å². The summed E-state index contributed by atoms with van der Waals surface area (Å²) in [5.74, 6) is -1.87. The molecule has 224 valence electrons. The van der Waals surface area contributed by atoms with E-state index in [9.17, 15) is 19.2 Å². The minimum absolute atomic E-state index is 0.0813. The van der Waals surface area contributed by atoms with Crippen LogP contribution in [0.1, 0.15) is 33.1 Å². The molecule has 1 N–H and O–H groups in total. The Morgan fingerprint density at radius 2 is 1.59 bits per heavy atom. The number of nitrogens with zero attached hydrogens (tertiary/aromatic N) is 3. The Hall–Kier alpha value is -5.44. The summed E-state index contributed by atoms with van der Waals surface area (Å²) in [6, 6.07) is 27.5. The fourth-order valence-corrected chi connectivity index (χ4v) is 5.26. The van der Waals surface area contributed by atoms with Gasteiger partial charge < -0.3 is 19.9 Å². The van der Waals surface area contributed by atoms with Crippen LogP contribution < -0.4 is 19.9 Å². The Kier molecular flexibility index (Phi) is 8.76. The number of methoxy groups -OCH3 is 1. The Balaban J connectivity index is 1.56. The van der Waals surface area contributed by atoms with Crippen LogP contribution in [0, 0.1) is 6.92 Å². The van der Waals surface area contributed by atoms with Crippen molar-refractivity contribution in [3.63, 3.8) is 0 Å². The van der Waals surface area contributed by atoms with Crippen LogP contribution in [0.15, 0.2) is 97.1 Å². The minimum Gasteiger partial charge on any atom is -0.497 e. The van der Waals surface area contributed by atoms with E-state index in [0.717, 1.165) is 16.8 Å². The number of Topliss-reactive ketones (excluding diaryl/α,β-unsaturated/α-hetero) is 1. The number of para-hydroxylation sites is 1. The van der Waals surface area contributed by atoms with Crippen molar-refractivity contribution >= 4 is 40.6 Å². The summed E-state index contributed by atoms with van der Waals surface area (Å²) in [4.78, 5) is 58.9. The van der Waals surface area contributed by atoms with E-state index >= 15 is 0 Å². The quantitative estimate of drug-likeness (QED) is 0.261. The van der Waals surface area contributed by atoms with Gasteiger partial charge in [-0.1, -0.05) is 48.5 Å². The first-order valence-corrected chi connectivity index (χ1v) is 14.2. The van der Waals surface area contributed by atoms with Crippen LogP contribution in [0.4, 0.5) is 17.1 Å². The molecule has 0 radical (unpaired) electrons. The second-order valence-electron chi connectivity index (χ2n) is 10.8. The molecule has 1 unspecified atom stereocenters. The molecule has 44 heavy (non-hydrogen) atoms. The smallest absolute Gasteiger partial charge is 0.299 e. The largest absolute Gasteiger partial charge is 0.497 e. The van der Waals surface area contributed by atoms with Gasteiger partial charge in [0.1, 0.15) is 18.3 Å². The number of ether oxygens (including phenoxy) is 1. The lowest BCUT2D eigenvalue weighted by Crippen LogP contribution is -2.46. The van der Waals surface area contributed by atoms with Crippen molar-refractivity contribution in [1.29, 1.82) is 0 Å². The number of fused-ring (bicyclic) bond motifs is 1. The maximum Gasteiger partial charge on any atom is 0.299 e. The Labute approximate surface area is 256 Å². The lowest BCUT2D eigenvalue weighted by molar-refractivity contribution is -0.139. The predicted octanol–water partition coefficient (Wildman–Crippen LogP) is 5.01. The molecule has 0 fully saturated rings. The molecule has 1 atom stereocenters. The lowest BCUT2D eigenvalue weighted by atomic mass is 10.0. The summed E-state index contributed by atoms with van der Waals surface area (Å²) in [5, 5.41) is 2.98. The van der Waals surface area contributed by atoms with Crippen molar-refractivity contribution in [1.82, 2.24) is 4.90 Å². The van der Waals surface area contributed by atoms with Gasteiger partial charge in [0, 0.05) is 32.0 Å². The van der Waals surface area contributed by atoms with Crippen LogP contribution in [0.25, 0.3) is 0 Å². The molecule has 9 nitrogen and oxygen atoms in total. The molecule has 1 aliphatic heterocycles. The van der Waals surface area contributed by atoms with Crippen LogP contribution in [0.2, 0.25) is 0 Å². The number of aryl methyl sites for hydroxylation is 1. The zero-order valence-electron chi connectivity index (χ0n) is 25.1. The number of carbonyl (C=O) groups is 4. The molecule has 3 amide bonds. The Bertz CT molecular complexity index is 1720. The number of nitrogens with one attached hydrogen (secondary N) is 1. The van der Waals surface area contributed by atoms with Gasteiger partial charge in [-0.15, -0.1) is 0 Å². The molecule has 0 aliphatic carbocycles. The van der Waals surface area contributed by atoms with Crippen LogP contribution in [-0.4, -0.2) is 56.2 Å². The van der Waals surface area contributed by atoms with Gasteiger partial charge in [0.2, 0.25) is 5.91 Å². The molecule has 4 aromatic carbocycles. The molecule has 0 spiro atoms. The zero-order chi connectivity index (χ0) is 31.4. The SMILES string of the molecule is COc1cccc(C(C(=O)Nc2ccc(N(C)C)cc2)N(Cc2ccccc2C)C(=O)CN2C(=O)C(=O)c3ccccc32)c1. The molecule has 4 aromatic rings. The summed E-state index contributed by atoms with van der Waals surface area (Å²) in [6.45, 7) is 1.60. The van der Waals surface area contributed by atoms with E-state index in [1.54, 1.807) is 60.7 Å². The highest BCUT2D eigenvalue weighted by Crippen LogP contribution is 2.32. The Morgan fingerprint density at radius 3 is 2.30 bits per heavy atom. The van der Waals surface area contributed by atoms with E-state index in [4.69, 9.17) is 4.74 Å². The third kappa shape index (κ3) is 6.17. The number of hydrogen-bond donors (Lipinski definition) is 1. The monoisotopic (exact) mass is 590 g/mol. The van der Waals surface area contributed by atoms with Gasteiger partial charge in [-0.25, -0.2) is 0 Å². The highest BCUT2D eigenvalue weighted by Gasteiger charge is 2.39. The molecule has 5 rings (SSSR count). The molecule has 0 saturated carbocycles. The third-order valence-corrected chi connectivity index (χ3v) is 7.72. The first kappa shape index (κ1) is 30.0. The third-order valence-electron chi connectivity index (χ3n) is 7.72. The number of benzene rings is 4. The van der Waals surface area contributed by atoms with E-state index < -0.39 is 36.1 Å². The van der Waals surface area contributed by atoms with E-state index in [1.807, 2.05) is 62.3 Å². The number of anilines is 3. The summed E-state index contributed by atoms with van der Waals surface area (Å²) in [7, 11) is 5.39. The zero-order valence-corrected chi connectivity index (χ0v) is 25.1. The van der Waals surface area contributed by atoms with Crippen molar-refractivity contribution in [2.75, 3.05) is 42.9 Å². The Morgan fingerprint density at radius 1 is 0.886 bits per heavy atom. The second kappa shape index (κ2) is 12.8. The predicted molar refractivity (Wildman–Crippen MR) is 170 cm³/mol. The van der Waals surface area contributed by atoms with Crippen molar-refractivity contribution in [3.05, 3.63) is 119 Å². The van der Waals surface area contributed by atoms with Crippen molar-refractivity contribution < 1.29 is 23.9 Å². The maximum atomic E-state index is 14.3.